The molecular weight excluding hydrogens is 266 g/mol. The quantitative estimate of drug-likeness (QED) is 0.723. The van der Waals surface area contributed by atoms with Crippen LogP contribution in [0.2, 0.25) is 5.02 Å². The van der Waals surface area contributed by atoms with Gasteiger partial charge in [0, 0.05) is 5.02 Å². The molecule has 0 amide bonds. The second kappa shape index (κ2) is 4.93. The van der Waals surface area contributed by atoms with E-state index in [-0.39, 0.29) is 0 Å². The largest absolute Gasteiger partial charge is 0.318 e. The molecule has 0 radical (unpaired) electrons. The predicted octanol–water partition coefficient (Wildman–Crippen LogP) is 4.72. The van der Waals surface area contributed by atoms with Crippen LogP contribution < -0.4 is 5.73 Å². The first-order valence-electron chi connectivity index (χ1n) is 6.62. The highest BCUT2D eigenvalue weighted by Crippen LogP contribution is 2.33. The van der Waals surface area contributed by atoms with Crippen LogP contribution >= 0.6 is 11.6 Å². The summed E-state index contributed by atoms with van der Waals surface area (Å²) in [5, 5.41) is 3.10. The second-order valence-corrected chi connectivity index (χ2v) is 5.65. The van der Waals surface area contributed by atoms with Gasteiger partial charge in [0.25, 0.3) is 0 Å². The van der Waals surface area contributed by atoms with Gasteiger partial charge in [0.05, 0.1) is 5.54 Å². The lowest BCUT2D eigenvalue weighted by atomic mass is 9.84. The molecule has 1 nitrogen and oxygen atoms in total. The molecule has 2 N–H and O–H groups in total. The number of rotatable bonds is 2. The van der Waals surface area contributed by atoms with Crippen LogP contribution in [0.4, 0.5) is 0 Å². The zero-order valence-electron chi connectivity index (χ0n) is 11.3. The third-order valence-corrected chi connectivity index (χ3v) is 4.11. The molecule has 100 valence electrons. The van der Waals surface area contributed by atoms with E-state index in [1.165, 1.54) is 10.8 Å². The highest BCUT2D eigenvalue weighted by Gasteiger charge is 2.26. The van der Waals surface area contributed by atoms with E-state index in [2.05, 4.69) is 30.3 Å². The summed E-state index contributed by atoms with van der Waals surface area (Å²) in [5.41, 5.74) is 7.96. The predicted molar refractivity (Wildman–Crippen MR) is 86.0 cm³/mol. The Morgan fingerprint density at radius 2 is 1.50 bits per heavy atom. The fourth-order valence-corrected chi connectivity index (χ4v) is 2.88. The van der Waals surface area contributed by atoms with Gasteiger partial charge < -0.3 is 5.73 Å². The molecule has 0 aliphatic heterocycles. The normalized spacial score (nSPS) is 14.2. The summed E-state index contributed by atoms with van der Waals surface area (Å²) in [4.78, 5) is 0. The van der Waals surface area contributed by atoms with Crippen LogP contribution in [-0.4, -0.2) is 0 Å². The minimum atomic E-state index is -0.609. The second-order valence-electron chi connectivity index (χ2n) is 5.24. The van der Waals surface area contributed by atoms with Crippen molar-refractivity contribution in [1.82, 2.24) is 0 Å². The molecule has 0 saturated heterocycles. The van der Waals surface area contributed by atoms with Crippen molar-refractivity contribution in [1.29, 1.82) is 0 Å². The molecule has 0 aliphatic rings. The Morgan fingerprint density at radius 3 is 2.25 bits per heavy atom. The molecule has 0 spiro atoms. The molecule has 3 aromatic rings. The standard InChI is InChI=1S/C18H16ClN/c1-18(20,16-8-4-5-9-17(16)19)15-11-10-13-6-2-3-7-14(13)12-15/h2-12H,20H2,1H3. The Hall–Kier alpha value is -1.83. The van der Waals surface area contributed by atoms with Gasteiger partial charge in [-0.15, -0.1) is 0 Å². The summed E-state index contributed by atoms with van der Waals surface area (Å²) in [6, 6.07) is 22.3. The maximum absolute atomic E-state index is 6.57. The van der Waals surface area contributed by atoms with Crippen molar-refractivity contribution in [2.24, 2.45) is 5.73 Å². The zero-order chi connectivity index (χ0) is 14.2. The summed E-state index contributed by atoms with van der Waals surface area (Å²) in [6.07, 6.45) is 0. The molecule has 1 atom stereocenters. The Morgan fingerprint density at radius 1 is 0.850 bits per heavy atom. The Balaban J connectivity index is 2.16. The molecule has 0 bridgehead atoms. The van der Waals surface area contributed by atoms with Crippen molar-refractivity contribution < 1.29 is 0 Å². The van der Waals surface area contributed by atoms with E-state index in [1.807, 2.05) is 43.3 Å². The summed E-state index contributed by atoms with van der Waals surface area (Å²) in [5.74, 6) is 0. The molecule has 0 saturated carbocycles. The molecule has 0 fully saturated rings. The average Bonchev–Trinajstić information content (AvgIpc) is 2.47. The maximum atomic E-state index is 6.57. The molecule has 3 rings (SSSR count). The fourth-order valence-electron chi connectivity index (χ4n) is 2.55. The molecule has 20 heavy (non-hydrogen) atoms. The molecule has 0 aromatic heterocycles. The van der Waals surface area contributed by atoms with Crippen LogP contribution in [0.15, 0.2) is 66.7 Å². The van der Waals surface area contributed by atoms with Crippen molar-refractivity contribution >= 4 is 22.4 Å². The van der Waals surface area contributed by atoms with Gasteiger partial charge in [-0.3, -0.25) is 0 Å². The Bertz CT molecular complexity index is 762. The van der Waals surface area contributed by atoms with Crippen molar-refractivity contribution in [2.75, 3.05) is 0 Å². The maximum Gasteiger partial charge on any atom is 0.0651 e. The summed E-state index contributed by atoms with van der Waals surface area (Å²) >= 11 is 6.30. The number of nitrogens with two attached hydrogens (primary N) is 1. The SMILES string of the molecule is CC(N)(c1ccc2ccccc2c1)c1ccccc1Cl. The van der Waals surface area contributed by atoms with E-state index in [0.29, 0.717) is 5.02 Å². The van der Waals surface area contributed by atoms with Gasteiger partial charge in [0.15, 0.2) is 0 Å². The summed E-state index contributed by atoms with van der Waals surface area (Å²) < 4.78 is 0. The third-order valence-electron chi connectivity index (χ3n) is 3.78. The lowest BCUT2D eigenvalue weighted by Gasteiger charge is -2.27. The number of halogens is 1. The van der Waals surface area contributed by atoms with Gasteiger partial charge in [-0.25, -0.2) is 0 Å². The first-order chi connectivity index (χ1) is 9.59. The molecule has 2 heteroatoms. The van der Waals surface area contributed by atoms with Crippen molar-refractivity contribution in [3.8, 4) is 0 Å². The fraction of sp³-hybridized carbons (Fsp3) is 0.111. The van der Waals surface area contributed by atoms with Gasteiger partial charge in [-0.2, -0.15) is 0 Å². The van der Waals surface area contributed by atoms with E-state index in [1.54, 1.807) is 0 Å². The molecule has 3 aromatic carbocycles. The van der Waals surface area contributed by atoms with Gasteiger partial charge in [-0.05, 0) is 41.0 Å². The van der Waals surface area contributed by atoms with E-state index in [0.717, 1.165) is 11.1 Å². The highest BCUT2D eigenvalue weighted by molar-refractivity contribution is 6.31. The van der Waals surface area contributed by atoms with E-state index in [4.69, 9.17) is 17.3 Å². The van der Waals surface area contributed by atoms with Crippen LogP contribution in [0.1, 0.15) is 18.1 Å². The number of fused-ring (bicyclic) bond motifs is 1. The molecular formula is C18H16ClN. The van der Waals surface area contributed by atoms with Crippen LogP contribution in [0.25, 0.3) is 10.8 Å². The number of benzene rings is 3. The van der Waals surface area contributed by atoms with Crippen LogP contribution in [0.3, 0.4) is 0 Å². The topological polar surface area (TPSA) is 26.0 Å². The number of hydrogen-bond donors (Lipinski definition) is 1. The minimum Gasteiger partial charge on any atom is -0.318 e. The minimum absolute atomic E-state index is 0.609. The van der Waals surface area contributed by atoms with E-state index >= 15 is 0 Å². The first kappa shape index (κ1) is 13.2. The third kappa shape index (κ3) is 2.20. The Kier molecular flexibility index (Phi) is 3.25. The van der Waals surface area contributed by atoms with Crippen LogP contribution in [0.5, 0.6) is 0 Å². The number of hydrogen-bond acceptors (Lipinski definition) is 1. The monoisotopic (exact) mass is 281 g/mol. The van der Waals surface area contributed by atoms with Gasteiger partial charge >= 0.3 is 0 Å². The van der Waals surface area contributed by atoms with Crippen molar-refractivity contribution in [3.63, 3.8) is 0 Å². The van der Waals surface area contributed by atoms with E-state index in [9.17, 15) is 0 Å². The van der Waals surface area contributed by atoms with Crippen LogP contribution in [0, 0.1) is 0 Å². The lowest BCUT2D eigenvalue weighted by molar-refractivity contribution is 0.604. The Labute approximate surface area is 124 Å². The van der Waals surface area contributed by atoms with Crippen molar-refractivity contribution in [3.05, 3.63) is 82.9 Å². The molecule has 0 heterocycles. The van der Waals surface area contributed by atoms with E-state index < -0.39 is 5.54 Å². The smallest absolute Gasteiger partial charge is 0.0651 e. The van der Waals surface area contributed by atoms with Gasteiger partial charge in [0.1, 0.15) is 0 Å². The highest BCUT2D eigenvalue weighted by atomic mass is 35.5. The molecule has 1 unspecified atom stereocenters. The lowest BCUT2D eigenvalue weighted by Crippen LogP contribution is -2.34. The van der Waals surface area contributed by atoms with Crippen molar-refractivity contribution in [2.45, 2.75) is 12.5 Å². The average molecular weight is 282 g/mol. The first-order valence-corrected chi connectivity index (χ1v) is 7.00. The van der Waals surface area contributed by atoms with Crippen LogP contribution in [-0.2, 0) is 5.54 Å². The van der Waals surface area contributed by atoms with Gasteiger partial charge in [-0.1, -0.05) is 66.2 Å². The van der Waals surface area contributed by atoms with Gasteiger partial charge in [0.2, 0.25) is 0 Å². The zero-order valence-corrected chi connectivity index (χ0v) is 12.1. The summed E-state index contributed by atoms with van der Waals surface area (Å²) in [6.45, 7) is 2.00. The molecule has 0 aliphatic carbocycles. The summed E-state index contributed by atoms with van der Waals surface area (Å²) in [7, 11) is 0.